The number of benzene rings is 1. The molecule has 0 radical (unpaired) electrons. The van der Waals surface area contributed by atoms with Crippen LogP contribution in [0.5, 0.6) is 5.88 Å². The van der Waals surface area contributed by atoms with Crippen LogP contribution in [0.15, 0.2) is 34.5 Å². The summed E-state index contributed by atoms with van der Waals surface area (Å²) >= 11 is 4.73. The molecule has 0 amide bonds. The van der Waals surface area contributed by atoms with E-state index in [1.807, 2.05) is 28.8 Å². The molecule has 2 aromatic rings. The largest absolute Gasteiger partial charge is 0.493 e. The molecule has 0 bridgehead atoms. The summed E-state index contributed by atoms with van der Waals surface area (Å²) in [4.78, 5) is 2.25. The first kappa shape index (κ1) is 16.8. The van der Waals surface area contributed by atoms with Gasteiger partial charge in [-0.3, -0.25) is 9.47 Å². The molecule has 2 unspecified atom stereocenters. The van der Waals surface area contributed by atoms with Crippen molar-refractivity contribution >= 4 is 33.9 Å². The monoisotopic (exact) mass is 347 g/mol. The normalized spacial score (nSPS) is 22.4. The third-order valence-corrected chi connectivity index (χ3v) is 4.08. The summed E-state index contributed by atoms with van der Waals surface area (Å²) < 4.78 is 7.59. The van der Waals surface area contributed by atoms with E-state index >= 15 is 0 Å². The molecule has 1 aliphatic heterocycles. The van der Waals surface area contributed by atoms with Crippen molar-refractivity contribution in [2.45, 2.75) is 32.7 Å². The number of aromatic nitrogens is 1. The molecule has 0 saturated carbocycles. The summed E-state index contributed by atoms with van der Waals surface area (Å²) in [7, 11) is 0. The predicted octanol–water partition coefficient (Wildman–Crippen LogP) is 2.74. The van der Waals surface area contributed by atoms with Gasteiger partial charge in [-0.2, -0.15) is 0 Å². The second-order valence-corrected chi connectivity index (χ2v) is 6.51. The van der Waals surface area contributed by atoms with Crippen LogP contribution in [0.2, 0.25) is 0 Å². The van der Waals surface area contributed by atoms with Crippen LogP contribution in [0.25, 0.3) is 10.9 Å². The molecule has 1 aromatic heterocycles. The van der Waals surface area contributed by atoms with Gasteiger partial charge in [0.25, 0.3) is 0 Å². The van der Waals surface area contributed by atoms with Crippen LogP contribution in [0, 0.1) is 0 Å². The van der Waals surface area contributed by atoms with Gasteiger partial charge < -0.3 is 15.6 Å². The van der Waals surface area contributed by atoms with E-state index in [1.54, 1.807) is 0 Å². The molecule has 3 rings (SSSR count). The predicted molar refractivity (Wildman–Crippen MR) is 96.5 cm³/mol. The summed E-state index contributed by atoms with van der Waals surface area (Å²) in [6.45, 7) is 6.27. The summed E-state index contributed by atoms with van der Waals surface area (Å²) in [5, 5.41) is 19.1. The van der Waals surface area contributed by atoms with E-state index in [9.17, 15) is 5.11 Å². The Labute approximate surface area is 145 Å². The first-order chi connectivity index (χ1) is 11.5. The van der Waals surface area contributed by atoms with Crippen molar-refractivity contribution in [1.82, 2.24) is 9.47 Å². The average Bonchev–Trinajstić information content (AvgIpc) is 2.77. The molecule has 2 heterocycles. The van der Waals surface area contributed by atoms with Crippen molar-refractivity contribution in [1.29, 1.82) is 0 Å². The number of aromatic hydroxyl groups is 1. The van der Waals surface area contributed by atoms with Crippen molar-refractivity contribution in [2.75, 3.05) is 13.1 Å². The molecular formula is C16H21N5O2S. The Morgan fingerprint density at radius 1 is 1.33 bits per heavy atom. The number of morpholine rings is 1. The van der Waals surface area contributed by atoms with Gasteiger partial charge in [-0.1, -0.05) is 18.2 Å². The molecule has 3 N–H and O–H groups in total. The first-order valence-electron chi connectivity index (χ1n) is 7.85. The SMILES string of the molecule is CC1CN(Cn2c(O)c(N=NC(N)=S)c3ccccc32)CC(C)O1. The fourth-order valence-corrected chi connectivity index (χ4v) is 3.25. The zero-order valence-corrected chi connectivity index (χ0v) is 14.5. The summed E-state index contributed by atoms with van der Waals surface area (Å²) in [5.74, 6) is 0.0583. The second-order valence-electron chi connectivity index (χ2n) is 6.09. The van der Waals surface area contributed by atoms with Crippen molar-refractivity contribution in [3.63, 3.8) is 0 Å². The van der Waals surface area contributed by atoms with Crippen molar-refractivity contribution in [3.05, 3.63) is 24.3 Å². The smallest absolute Gasteiger partial charge is 0.221 e. The maximum absolute atomic E-state index is 10.7. The fraction of sp³-hybridized carbons (Fsp3) is 0.438. The molecule has 128 valence electrons. The molecule has 1 fully saturated rings. The van der Waals surface area contributed by atoms with Crippen LogP contribution in [0.1, 0.15) is 13.8 Å². The van der Waals surface area contributed by atoms with Crippen LogP contribution in [0.4, 0.5) is 5.69 Å². The van der Waals surface area contributed by atoms with Crippen LogP contribution in [0.3, 0.4) is 0 Å². The Kier molecular flexibility index (Phi) is 4.79. The van der Waals surface area contributed by atoms with Gasteiger partial charge in [-0.15, -0.1) is 10.2 Å². The van der Waals surface area contributed by atoms with E-state index in [-0.39, 0.29) is 23.2 Å². The van der Waals surface area contributed by atoms with Gasteiger partial charge in [0.15, 0.2) is 5.69 Å². The third kappa shape index (κ3) is 3.40. The molecule has 24 heavy (non-hydrogen) atoms. The van der Waals surface area contributed by atoms with Gasteiger partial charge in [0.05, 0.1) is 24.4 Å². The number of nitrogens with zero attached hydrogens (tertiary/aromatic N) is 4. The highest BCUT2D eigenvalue weighted by Gasteiger charge is 2.24. The lowest BCUT2D eigenvalue weighted by Gasteiger charge is -2.35. The van der Waals surface area contributed by atoms with E-state index in [0.29, 0.717) is 12.4 Å². The van der Waals surface area contributed by atoms with E-state index in [0.717, 1.165) is 24.0 Å². The van der Waals surface area contributed by atoms with E-state index in [4.69, 9.17) is 22.7 Å². The van der Waals surface area contributed by atoms with Gasteiger partial charge in [-0.25, -0.2) is 0 Å². The number of thiocarbonyl (C=S) groups is 1. The molecule has 7 nitrogen and oxygen atoms in total. The van der Waals surface area contributed by atoms with Gasteiger partial charge in [-0.05, 0) is 32.1 Å². The molecule has 0 spiro atoms. The van der Waals surface area contributed by atoms with Crippen molar-refractivity contribution in [3.8, 4) is 5.88 Å². The molecule has 1 aliphatic rings. The van der Waals surface area contributed by atoms with Crippen molar-refractivity contribution < 1.29 is 9.84 Å². The van der Waals surface area contributed by atoms with Crippen LogP contribution < -0.4 is 5.73 Å². The van der Waals surface area contributed by atoms with Crippen molar-refractivity contribution in [2.24, 2.45) is 16.0 Å². The topological polar surface area (TPSA) is 88.4 Å². The van der Waals surface area contributed by atoms with E-state index in [1.165, 1.54) is 0 Å². The number of para-hydroxylation sites is 1. The molecule has 1 aromatic carbocycles. The van der Waals surface area contributed by atoms with Crippen LogP contribution >= 0.6 is 12.2 Å². The molecule has 0 aliphatic carbocycles. The summed E-state index contributed by atoms with van der Waals surface area (Å²) in [6.07, 6.45) is 0.318. The van der Waals surface area contributed by atoms with E-state index in [2.05, 4.69) is 29.0 Å². The number of nitrogens with two attached hydrogens (primary N) is 1. The maximum Gasteiger partial charge on any atom is 0.221 e. The number of hydrogen-bond acceptors (Lipinski definition) is 5. The molecule has 8 heteroatoms. The Balaban J connectivity index is 1.98. The number of rotatable bonds is 3. The lowest BCUT2D eigenvalue weighted by atomic mass is 10.2. The Bertz CT molecular complexity index is 778. The number of fused-ring (bicyclic) bond motifs is 1. The second kappa shape index (κ2) is 6.84. The zero-order chi connectivity index (χ0) is 17.3. The Morgan fingerprint density at radius 2 is 2.00 bits per heavy atom. The highest BCUT2D eigenvalue weighted by molar-refractivity contribution is 7.80. The van der Waals surface area contributed by atoms with Gasteiger partial charge in [0, 0.05) is 18.5 Å². The molecular weight excluding hydrogens is 326 g/mol. The minimum absolute atomic E-state index is 0.0583. The summed E-state index contributed by atoms with van der Waals surface area (Å²) in [5.41, 5.74) is 6.65. The summed E-state index contributed by atoms with van der Waals surface area (Å²) in [6, 6.07) is 7.66. The minimum atomic E-state index is -0.0675. The lowest BCUT2D eigenvalue weighted by Crippen LogP contribution is -2.45. The number of azo groups is 1. The maximum atomic E-state index is 10.7. The standard InChI is InChI=1S/C16H21N5O2S/c1-10-7-20(8-11(2)23-10)9-21-13-6-4-3-5-12(13)14(15(21)22)18-19-16(17)24/h3-6,10-11,22H,7-9H2,1-2H3,(H2,17,24). The van der Waals surface area contributed by atoms with Gasteiger partial charge in [0.2, 0.25) is 11.0 Å². The molecule has 2 atom stereocenters. The minimum Gasteiger partial charge on any atom is -0.493 e. The van der Waals surface area contributed by atoms with Gasteiger partial charge in [0.1, 0.15) is 0 Å². The Hall–Kier alpha value is -2.03. The Morgan fingerprint density at radius 3 is 2.67 bits per heavy atom. The highest BCUT2D eigenvalue weighted by Crippen LogP contribution is 2.39. The fourth-order valence-electron chi connectivity index (χ4n) is 3.21. The average molecular weight is 347 g/mol. The first-order valence-corrected chi connectivity index (χ1v) is 8.25. The zero-order valence-electron chi connectivity index (χ0n) is 13.7. The van der Waals surface area contributed by atoms with Gasteiger partial charge >= 0.3 is 0 Å². The van der Waals surface area contributed by atoms with Crippen LogP contribution in [-0.4, -0.2) is 45.0 Å². The van der Waals surface area contributed by atoms with E-state index < -0.39 is 0 Å². The lowest BCUT2D eigenvalue weighted by molar-refractivity contribution is -0.0765. The molecule has 1 saturated heterocycles. The highest BCUT2D eigenvalue weighted by atomic mass is 32.1. The third-order valence-electron chi connectivity index (χ3n) is 4.00. The van der Waals surface area contributed by atoms with Crippen LogP contribution in [-0.2, 0) is 11.4 Å². The number of ether oxygens (including phenoxy) is 1. The number of hydrogen-bond donors (Lipinski definition) is 2. The quantitative estimate of drug-likeness (QED) is 0.658.